The van der Waals surface area contributed by atoms with E-state index in [2.05, 4.69) is 22.4 Å². The lowest BCUT2D eigenvalue weighted by atomic mass is 9.99. The maximum atomic E-state index is 5.99. The molecular weight excluding hydrogens is 266 g/mol. The molecule has 1 aromatic heterocycles. The fourth-order valence-electron chi connectivity index (χ4n) is 2.89. The maximum absolute atomic E-state index is 5.99. The lowest BCUT2D eigenvalue weighted by molar-refractivity contribution is 0.0825. The third-order valence-electron chi connectivity index (χ3n) is 4.23. The molecule has 3 rings (SSSR count). The van der Waals surface area contributed by atoms with Crippen molar-refractivity contribution >= 4 is 5.69 Å². The molecule has 6 heteroatoms. The number of nitrogens with two attached hydrogens (primary N) is 1. The number of nitrogens with zero attached hydrogens (tertiary/aromatic N) is 4. The summed E-state index contributed by atoms with van der Waals surface area (Å²) in [5, 5.41) is 12.1. The first-order valence-corrected chi connectivity index (χ1v) is 7.43. The highest BCUT2D eigenvalue weighted by molar-refractivity contribution is 5.63. The molecule has 1 fully saturated rings. The predicted octanol–water partition coefficient (Wildman–Crippen LogP) is 2.05. The van der Waals surface area contributed by atoms with Crippen molar-refractivity contribution in [2.45, 2.75) is 39.3 Å². The van der Waals surface area contributed by atoms with Crippen molar-refractivity contribution in [1.82, 2.24) is 20.2 Å². The average Bonchev–Trinajstić information content (AvgIpc) is 3.11. The van der Waals surface area contributed by atoms with Crippen molar-refractivity contribution in [3.05, 3.63) is 23.8 Å². The Hall–Kier alpha value is -1.95. The second-order valence-corrected chi connectivity index (χ2v) is 5.62. The molecule has 112 valence electrons. The quantitative estimate of drug-likeness (QED) is 0.871. The number of aromatic nitrogens is 4. The fraction of sp³-hybridized carbons (Fsp3) is 0.533. The van der Waals surface area contributed by atoms with E-state index in [1.807, 2.05) is 29.8 Å². The number of hydrogen-bond acceptors (Lipinski definition) is 5. The van der Waals surface area contributed by atoms with Gasteiger partial charge in [0, 0.05) is 23.8 Å². The Morgan fingerprint density at radius 2 is 2.29 bits per heavy atom. The normalized spacial score (nSPS) is 21.8. The minimum Gasteiger partial charge on any atom is -0.398 e. The highest BCUT2D eigenvalue weighted by Crippen LogP contribution is 2.27. The summed E-state index contributed by atoms with van der Waals surface area (Å²) in [6, 6.07) is 5.94. The zero-order valence-electron chi connectivity index (χ0n) is 12.5. The third-order valence-corrected chi connectivity index (χ3v) is 4.23. The highest BCUT2D eigenvalue weighted by atomic mass is 16.5. The van der Waals surface area contributed by atoms with Gasteiger partial charge in [0.2, 0.25) is 0 Å². The summed E-state index contributed by atoms with van der Waals surface area (Å²) >= 11 is 0. The van der Waals surface area contributed by atoms with Crippen LogP contribution >= 0.6 is 0 Å². The van der Waals surface area contributed by atoms with Gasteiger partial charge in [0.25, 0.3) is 0 Å². The number of ether oxygens (including phenoxy) is 1. The molecule has 2 heterocycles. The van der Waals surface area contributed by atoms with Crippen molar-refractivity contribution < 1.29 is 4.74 Å². The third kappa shape index (κ3) is 2.76. The van der Waals surface area contributed by atoms with Gasteiger partial charge in [-0.1, -0.05) is 19.1 Å². The lowest BCUT2D eigenvalue weighted by Gasteiger charge is -2.17. The summed E-state index contributed by atoms with van der Waals surface area (Å²) < 4.78 is 7.61. The molecule has 1 aliphatic rings. The zero-order chi connectivity index (χ0) is 14.8. The molecule has 2 atom stereocenters. The van der Waals surface area contributed by atoms with Crippen LogP contribution in [0.1, 0.15) is 25.3 Å². The summed E-state index contributed by atoms with van der Waals surface area (Å²) in [5.41, 5.74) is 8.76. The molecule has 1 aliphatic heterocycles. The van der Waals surface area contributed by atoms with Gasteiger partial charge >= 0.3 is 0 Å². The molecule has 1 aromatic carbocycles. The highest BCUT2D eigenvalue weighted by Gasteiger charge is 2.28. The molecule has 2 aromatic rings. The van der Waals surface area contributed by atoms with Crippen LogP contribution in [0.15, 0.2) is 18.2 Å². The van der Waals surface area contributed by atoms with Crippen LogP contribution in [0.3, 0.4) is 0 Å². The molecule has 0 amide bonds. The van der Waals surface area contributed by atoms with E-state index in [9.17, 15) is 0 Å². The van der Waals surface area contributed by atoms with Gasteiger partial charge in [-0.25, -0.2) is 4.68 Å². The minimum atomic E-state index is 0.310. The van der Waals surface area contributed by atoms with Crippen molar-refractivity contribution in [1.29, 1.82) is 0 Å². The topological polar surface area (TPSA) is 78.8 Å². The Kier molecular flexibility index (Phi) is 3.88. The fourth-order valence-corrected chi connectivity index (χ4v) is 2.89. The number of anilines is 1. The maximum Gasteiger partial charge on any atom is 0.182 e. The van der Waals surface area contributed by atoms with Gasteiger partial charge in [-0.2, -0.15) is 0 Å². The number of aryl methyl sites for hydroxylation is 1. The number of rotatable bonds is 4. The SMILES string of the molecule is CCC1OCCC1Cn1nnnc1-c1ccc(C)c(N)c1. The summed E-state index contributed by atoms with van der Waals surface area (Å²) in [7, 11) is 0. The van der Waals surface area contributed by atoms with E-state index in [4.69, 9.17) is 10.5 Å². The molecule has 0 radical (unpaired) electrons. The monoisotopic (exact) mass is 287 g/mol. The van der Waals surface area contributed by atoms with Crippen molar-refractivity contribution in [3.63, 3.8) is 0 Å². The van der Waals surface area contributed by atoms with Crippen LogP contribution in [-0.4, -0.2) is 32.9 Å². The lowest BCUT2D eigenvalue weighted by Crippen LogP contribution is -2.21. The Morgan fingerprint density at radius 1 is 1.43 bits per heavy atom. The Morgan fingerprint density at radius 3 is 3.05 bits per heavy atom. The van der Waals surface area contributed by atoms with Gasteiger partial charge in [0.1, 0.15) is 0 Å². The molecule has 21 heavy (non-hydrogen) atoms. The van der Waals surface area contributed by atoms with Gasteiger partial charge in [0.15, 0.2) is 5.82 Å². The molecule has 1 saturated heterocycles. The van der Waals surface area contributed by atoms with Crippen LogP contribution in [0.4, 0.5) is 5.69 Å². The number of benzene rings is 1. The molecule has 0 aliphatic carbocycles. The molecule has 0 spiro atoms. The summed E-state index contributed by atoms with van der Waals surface area (Å²) in [6.45, 7) is 5.76. The summed E-state index contributed by atoms with van der Waals surface area (Å²) in [6.07, 6.45) is 2.40. The average molecular weight is 287 g/mol. The first-order chi connectivity index (χ1) is 10.2. The first kappa shape index (κ1) is 14.0. The summed E-state index contributed by atoms with van der Waals surface area (Å²) in [4.78, 5) is 0. The number of tetrazole rings is 1. The van der Waals surface area contributed by atoms with Crippen molar-refractivity contribution in [2.24, 2.45) is 5.92 Å². The second kappa shape index (κ2) is 5.81. The summed E-state index contributed by atoms with van der Waals surface area (Å²) in [5.74, 6) is 1.24. The molecule has 0 saturated carbocycles. The van der Waals surface area contributed by atoms with Gasteiger partial charge in [0.05, 0.1) is 12.6 Å². The van der Waals surface area contributed by atoms with Crippen LogP contribution < -0.4 is 5.73 Å². The van der Waals surface area contributed by atoms with Crippen LogP contribution in [0.5, 0.6) is 0 Å². The van der Waals surface area contributed by atoms with E-state index >= 15 is 0 Å². The largest absolute Gasteiger partial charge is 0.398 e. The zero-order valence-corrected chi connectivity index (χ0v) is 12.5. The van der Waals surface area contributed by atoms with E-state index in [0.717, 1.165) is 48.6 Å². The standard InChI is InChI=1S/C15H21N5O/c1-3-14-12(6-7-21-14)9-20-15(17-18-19-20)11-5-4-10(2)13(16)8-11/h4-5,8,12,14H,3,6-7,9,16H2,1-2H3. The number of nitrogen functional groups attached to an aromatic ring is 1. The van der Waals surface area contributed by atoms with Crippen molar-refractivity contribution in [3.8, 4) is 11.4 Å². The molecule has 2 N–H and O–H groups in total. The smallest absolute Gasteiger partial charge is 0.182 e. The Balaban J connectivity index is 1.85. The van der Waals surface area contributed by atoms with E-state index in [1.54, 1.807) is 0 Å². The van der Waals surface area contributed by atoms with Crippen molar-refractivity contribution in [2.75, 3.05) is 12.3 Å². The predicted molar refractivity (Wildman–Crippen MR) is 80.5 cm³/mol. The van der Waals surface area contributed by atoms with Crippen LogP contribution in [0.2, 0.25) is 0 Å². The molecule has 2 unspecified atom stereocenters. The van der Waals surface area contributed by atoms with Crippen LogP contribution in [0.25, 0.3) is 11.4 Å². The molecule has 0 bridgehead atoms. The van der Waals surface area contributed by atoms with Gasteiger partial charge < -0.3 is 10.5 Å². The van der Waals surface area contributed by atoms with Crippen LogP contribution in [0, 0.1) is 12.8 Å². The Bertz CT molecular complexity index is 624. The van der Waals surface area contributed by atoms with Crippen LogP contribution in [-0.2, 0) is 11.3 Å². The second-order valence-electron chi connectivity index (χ2n) is 5.62. The number of hydrogen-bond donors (Lipinski definition) is 1. The van der Waals surface area contributed by atoms with E-state index < -0.39 is 0 Å². The van der Waals surface area contributed by atoms with Gasteiger partial charge in [-0.15, -0.1) is 5.10 Å². The van der Waals surface area contributed by atoms with Gasteiger partial charge in [-0.3, -0.25) is 0 Å². The minimum absolute atomic E-state index is 0.310. The van der Waals surface area contributed by atoms with Gasteiger partial charge in [-0.05, 0) is 41.8 Å². The molecular formula is C15H21N5O. The first-order valence-electron chi connectivity index (χ1n) is 7.43. The van der Waals surface area contributed by atoms with E-state index in [1.165, 1.54) is 0 Å². The molecule has 6 nitrogen and oxygen atoms in total. The van der Waals surface area contributed by atoms with E-state index in [0.29, 0.717) is 12.0 Å². The van der Waals surface area contributed by atoms with E-state index in [-0.39, 0.29) is 0 Å². The Labute approximate surface area is 124 Å².